The fourth-order valence-electron chi connectivity index (χ4n) is 0.716. The first-order chi connectivity index (χ1) is 5.25. The molecule has 0 aliphatic heterocycles. The number of ether oxygens (including phenoxy) is 1. The summed E-state index contributed by atoms with van der Waals surface area (Å²) in [5.41, 5.74) is 11.6. The van der Waals surface area contributed by atoms with Crippen molar-refractivity contribution in [1.82, 2.24) is 0 Å². The van der Waals surface area contributed by atoms with Crippen LogP contribution in [0.5, 0.6) is 5.75 Å². The molecule has 11 heavy (non-hydrogen) atoms. The average Bonchev–Trinajstić information content (AvgIpc) is 1.99. The highest BCUT2D eigenvalue weighted by Gasteiger charge is 2.01. The van der Waals surface area contributed by atoms with Crippen LogP contribution in [0.4, 0.5) is 11.4 Å². The first-order valence-electron chi connectivity index (χ1n) is 3.00. The summed E-state index contributed by atoms with van der Waals surface area (Å²) < 4.78 is 4.53. The zero-order chi connectivity index (χ0) is 8.27. The Balaban J connectivity index is 3.05. The van der Waals surface area contributed by atoms with Crippen LogP contribution < -0.4 is 16.2 Å². The van der Waals surface area contributed by atoms with Crippen molar-refractivity contribution in [2.45, 2.75) is 0 Å². The molecule has 0 unspecified atom stereocenters. The summed E-state index contributed by atoms with van der Waals surface area (Å²) in [6.07, 6.45) is 0. The number of carbonyl (C=O) groups excluding carboxylic acids is 1. The Hall–Kier alpha value is -1.71. The summed E-state index contributed by atoms with van der Waals surface area (Å²) in [4.78, 5) is 9.92. The van der Waals surface area contributed by atoms with E-state index < -0.39 is 0 Å². The first-order valence-corrected chi connectivity index (χ1v) is 3.00. The highest BCUT2D eigenvalue weighted by molar-refractivity contribution is 5.72. The van der Waals surface area contributed by atoms with Gasteiger partial charge in [-0.2, -0.15) is 0 Å². The molecule has 0 atom stereocenters. The third kappa shape index (κ3) is 1.40. The van der Waals surface area contributed by atoms with Gasteiger partial charge >= 0.3 is 0 Å². The number of para-hydroxylation sites is 1. The summed E-state index contributed by atoms with van der Waals surface area (Å²) in [5.74, 6) is 0.292. The van der Waals surface area contributed by atoms with Crippen LogP contribution in [-0.4, -0.2) is 6.47 Å². The molecule has 0 heterocycles. The van der Waals surface area contributed by atoms with Crippen molar-refractivity contribution < 1.29 is 9.53 Å². The van der Waals surface area contributed by atoms with E-state index in [1.807, 2.05) is 0 Å². The lowest BCUT2D eigenvalue weighted by atomic mass is 10.2. The quantitative estimate of drug-likeness (QED) is 0.474. The SMILES string of the molecule is Nc1cccc(OC=O)c1N. The van der Waals surface area contributed by atoms with Crippen LogP contribution in [0.2, 0.25) is 0 Å². The van der Waals surface area contributed by atoms with Crippen LogP contribution in [0.15, 0.2) is 18.2 Å². The van der Waals surface area contributed by atoms with Gasteiger partial charge in [-0.3, -0.25) is 4.79 Å². The lowest BCUT2D eigenvalue weighted by molar-refractivity contribution is -0.120. The molecule has 0 saturated carbocycles. The molecule has 58 valence electrons. The molecular formula is C7H8N2O2. The maximum Gasteiger partial charge on any atom is 0.298 e. The van der Waals surface area contributed by atoms with Gasteiger partial charge in [-0.15, -0.1) is 0 Å². The molecule has 1 rings (SSSR count). The molecule has 0 aliphatic carbocycles. The van der Waals surface area contributed by atoms with E-state index in [0.29, 0.717) is 23.6 Å². The second kappa shape index (κ2) is 2.92. The summed E-state index contributed by atoms with van der Waals surface area (Å²) in [5, 5.41) is 0. The predicted octanol–water partition coefficient (Wildman–Crippen LogP) is 0.386. The number of nitrogens with two attached hydrogens (primary N) is 2. The monoisotopic (exact) mass is 152 g/mol. The van der Waals surface area contributed by atoms with Crippen molar-refractivity contribution in [2.24, 2.45) is 0 Å². The Morgan fingerprint density at radius 3 is 2.73 bits per heavy atom. The molecule has 1 aromatic carbocycles. The zero-order valence-corrected chi connectivity index (χ0v) is 5.78. The fourth-order valence-corrected chi connectivity index (χ4v) is 0.716. The fraction of sp³-hybridized carbons (Fsp3) is 0. The van der Waals surface area contributed by atoms with Gasteiger partial charge in [-0.25, -0.2) is 0 Å². The number of anilines is 2. The molecular weight excluding hydrogens is 144 g/mol. The van der Waals surface area contributed by atoms with Crippen LogP contribution >= 0.6 is 0 Å². The van der Waals surface area contributed by atoms with E-state index in [1.54, 1.807) is 18.2 Å². The number of rotatable bonds is 2. The smallest absolute Gasteiger partial charge is 0.298 e. The predicted molar refractivity (Wildman–Crippen MR) is 42.0 cm³/mol. The molecule has 0 aliphatic rings. The summed E-state index contributed by atoms with van der Waals surface area (Å²) in [7, 11) is 0. The highest BCUT2D eigenvalue weighted by atomic mass is 16.5. The Kier molecular flexibility index (Phi) is 1.96. The van der Waals surface area contributed by atoms with E-state index in [9.17, 15) is 4.79 Å². The van der Waals surface area contributed by atoms with Gasteiger partial charge in [-0.05, 0) is 12.1 Å². The van der Waals surface area contributed by atoms with Crippen molar-refractivity contribution in [1.29, 1.82) is 0 Å². The third-order valence-electron chi connectivity index (χ3n) is 1.27. The maximum absolute atomic E-state index is 9.92. The third-order valence-corrected chi connectivity index (χ3v) is 1.27. The minimum Gasteiger partial charge on any atom is -0.426 e. The van der Waals surface area contributed by atoms with Gasteiger partial charge in [-0.1, -0.05) is 6.07 Å². The van der Waals surface area contributed by atoms with Crippen LogP contribution in [0.1, 0.15) is 0 Å². The van der Waals surface area contributed by atoms with Gasteiger partial charge in [0.1, 0.15) is 0 Å². The van der Waals surface area contributed by atoms with E-state index in [1.165, 1.54) is 0 Å². The summed E-state index contributed by atoms with van der Waals surface area (Å²) in [6, 6.07) is 4.86. The second-order valence-corrected chi connectivity index (χ2v) is 1.97. The molecule has 4 heteroatoms. The van der Waals surface area contributed by atoms with Gasteiger partial charge in [0.05, 0.1) is 11.4 Å². The van der Waals surface area contributed by atoms with E-state index in [0.717, 1.165) is 0 Å². The Morgan fingerprint density at radius 2 is 2.09 bits per heavy atom. The lowest BCUT2D eigenvalue weighted by Gasteiger charge is -2.03. The molecule has 0 amide bonds. The molecule has 0 spiro atoms. The largest absolute Gasteiger partial charge is 0.426 e. The first kappa shape index (κ1) is 7.40. The lowest BCUT2D eigenvalue weighted by Crippen LogP contribution is -1.98. The number of benzene rings is 1. The number of hydrogen-bond acceptors (Lipinski definition) is 4. The van der Waals surface area contributed by atoms with Crippen molar-refractivity contribution in [3.05, 3.63) is 18.2 Å². The van der Waals surface area contributed by atoms with Gasteiger partial charge in [0, 0.05) is 0 Å². The van der Waals surface area contributed by atoms with Crippen molar-refractivity contribution >= 4 is 17.8 Å². The van der Waals surface area contributed by atoms with Crippen LogP contribution in [0.3, 0.4) is 0 Å². The molecule has 4 N–H and O–H groups in total. The van der Waals surface area contributed by atoms with Crippen molar-refractivity contribution in [2.75, 3.05) is 11.5 Å². The van der Waals surface area contributed by atoms with Gasteiger partial charge < -0.3 is 16.2 Å². The summed E-state index contributed by atoms with van der Waals surface area (Å²) in [6.45, 7) is 0.311. The number of hydrogen-bond donors (Lipinski definition) is 2. The number of carbonyl (C=O) groups is 1. The Bertz CT molecular complexity index is 273. The molecule has 0 aromatic heterocycles. The van der Waals surface area contributed by atoms with Crippen LogP contribution in [-0.2, 0) is 4.79 Å². The zero-order valence-electron chi connectivity index (χ0n) is 5.78. The Labute approximate surface area is 63.8 Å². The average molecular weight is 152 g/mol. The normalized spacial score (nSPS) is 9.09. The van der Waals surface area contributed by atoms with E-state index in [-0.39, 0.29) is 0 Å². The van der Waals surface area contributed by atoms with Crippen LogP contribution in [0.25, 0.3) is 0 Å². The maximum atomic E-state index is 9.92. The van der Waals surface area contributed by atoms with Crippen LogP contribution in [0, 0.1) is 0 Å². The molecule has 0 bridgehead atoms. The molecule has 4 nitrogen and oxygen atoms in total. The molecule has 0 saturated heterocycles. The molecule has 0 radical (unpaired) electrons. The highest BCUT2D eigenvalue weighted by Crippen LogP contribution is 2.25. The van der Waals surface area contributed by atoms with Gasteiger partial charge in [0.2, 0.25) is 0 Å². The van der Waals surface area contributed by atoms with Crippen molar-refractivity contribution in [3.8, 4) is 5.75 Å². The number of nitrogen functional groups attached to an aromatic ring is 2. The van der Waals surface area contributed by atoms with E-state index in [4.69, 9.17) is 11.5 Å². The van der Waals surface area contributed by atoms with Gasteiger partial charge in [0.15, 0.2) is 5.75 Å². The second-order valence-electron chi connectivity index (χ2n) is 1.97. The molecule has 0 fully saturated rings. The van der Waals surface area contributed by atoms with Gasteiger partial charge in [0.25, 0.3) is 6.47 Å². The molecule has 1 aromatic rings. The topological polar surface area (TPSA) is 78.3 Å². The Morgan fingerprint density at radius 1 is 1.36 bits per heavy atom. The minimum absolute atomic E-state index is 0.291. The minimum atomic E-state index is 0.291. The van der Waals surface area contributed by atoms with E-state index >= 15 is 0 Å². The van der Waals surface area contributed by atoms with E-state index in [2.05, 4.69) is 4.74 Å². The summed E-state index contributed by atoms with van der Waals surface area (Å²) >= 11 is 0. The van der Waals surface area contributed by atoms with Crippen molar-refractivity contribution in [3.63, 3.8) is 0 Å². The standard InChI is InChI=1S/C7H8N2O2/c8-5-2-1-3-6(7(5)9)11-4-10/h1-4H,8-9H2.